The average molecular weight is 715 g/mol. The van der Waals surface area contributed by atoms with Crippen LogP contribution in [0, 0.1) is 33.5 Å². The first kappa shape index (κ1) is 46.8. The first-order valence-electron chi connectivity index (χ1n) is 17.4. The van der Waals surface area contributed by atoms with Crippen molar-refractivity contribution in [2.75, 3.05) is 47.6 Å². The fourth-order valence-corrected chi connectivity index (χ4v) is 6.35. The van der Waals surface area contributed by atoms with E-state index >= 15 is 0 Å². The van der Waals surface area contributed by atoms with Gasteiger partial charge >= 0.3 is 37.9 Å². The predicted octanol–water partition coefficient (Wildman–Crippen LogP) is 3.24. The molecule has 0 fully saturated rings. The number of carbonyl (C=O) groups is 6. The lowest BCUT2D eigenvalue weighted by Gasteiger charge is -2.36. The summed E-state index contributed by atoms with van der Waals surface area (Å²) in [5.41, 5.74) is 1.22. The Balaban J connectivity index is 6.12. The minimum absolute atomic E-state index is 0.0194. The van der Waals surface area contributed by atoms with E-state index in [9.17, 15) is 28.8 Å². The number of methoxy groups -OCH3 is 3. The van der Waals surface area contributed by atoms with Gasteiger partial charge in [0, 0.05) is 13.1 Å². The van der Waals surface area contributed by atoms with Crippen molar-refractivity contribution >= 4 is 43.9 Å². The lowest BCUT2D eigenvalue weighted by molar-refractivity contribution is -0.165. The Hall–Kier alpha value is -3.20. The Kier molecular flexibility index (Phi) is 20.5. The molecular weight excluding hydrogens is 651 g/mol. The molecule has 288 valence electrons. The van der Waals surface area contributed by atoms with Gasteiger partial charge in [-0.25, -0.2) is 0 Å². The minimum atomic E-state index is -1.27. The van der Waals surface area contributed by atoms with Gasteiger partial charge in [-0.1, -0.05) is 26.7 Å². The van der Waals surface area contributed by atoms with Gasteiger partial charge in [-0.3, -0.25) is 39.6 Å². The molecule has 0 spiro atoms. The molecular formula is C35H63BN2O12. The zero-order valence-corrected chi connectivity index (χ0v) is 32.5. The number of hydrogen-bond acceptors (Lipinski definition) is 14. The molecule has 14 nitrogen and oxygen atoms in total. The summed E-state index contributed by atoms with van der Waals surface area (Å²) in [6.45, 7) is 14.3. The van der Waals surface area contributed by atoms with Crippen molar-refractivity contribution < 1.29 is 57.1 Å². The molecule has 0 aliphatic rings. The lowest BCUT2D eigenvalue weighted by atomic mass is 9.69. The van der Waals surface area contributed by atoms with Gasteiger partial charge in [0.05, 0.1) is 68.0 Å². The highest BCUT2D eigenvalue weighted by atomic mass is 16.5. The summed E-state index contributed by atoms with van der Waals surface area (Å²) in [6, 6.07) is 0. The normalized spacial score (nSPS) is 15.3. The van der Waals surface area contributed by atoms with E-state index in [-0.39, 0.29) is 52.0 Å². The highest BCUT2D eigenvalue weighted by molar-refractivity contribution is 6.05. The van der Waals surface area contributed by atoms with Gasteiger partial charge in [-0.2, -0.15) is 0 Å². The average Bonchev–Trinajstić information content (AvgIpc) is 3.06. The summed E-state index contributed by atoms with van der Waals surface area (Å²) in [6.07, 6.45) is 3.07. The zero-order chi connectivity index (χ0) is 38.8. The Labute approximate surface area is 299 Å². The molecule has 0 aromatic carbocycles. The predicted molar refractivity (Wildman–Crippen MR) is 188 cm³/mol. The molecule has 2 N–H and O–H groups in total. The van der Waals surface area contributed by atoms with Crippen molar-refractivity contribution in [3.63, 3.8) is 0 Å². The van der Waals surface area contributed by atoms with Gasteiger partial charge in [0.1, 0.15) is 0 Å². The number of carbonyl (C=O) groups excluding carboxylic acids is 6. The molecule has 4 unspecified atom stereocenters. The number of unbranched alkanes of at least 4 members (excludes halogenated alkanes) is 2. The maximum Gasteiger partial charge on any atom is 0.325 e. The zero-order valence-electron chi connectivity index (χ0n) is 32.5. The molecule has 0 saturated heterocycles. The number of nitrogens with one attached hydrogen (secondary N) is 2. The van der Waals surface area contributed by atoms with E-state index in [4.69, 9.17) is 28.3 Å². The molecule has 0 bridgehead atoms. The van der Waals surface area contributed by atoms with Gasteiger partial charge in [-0.15, -0.1) is 0 Å². The molecule has 0 amide bonds. The summed E-state index contributed by atoms with van der Waals surface area (Å²) in [5, 5.41) is 0. The lowest BCUT2D eigenvalue weighted by Crippen LogP contribution is -2.47. The SMILES string of the molecule is BOC(=O)C(CNNCC(CC(C)(CC(C)(C)C(=O)OC)C(=O)OC)C(=O)OC)CC(C)(CC(C)(C)C(=O)OCCCC)C(=O)OCCCC. The monoisotopic (exact) mass is 714 g/mol. The first-order chi connectivity index (χ1) is 23.2. The van der Waals surface area contributed by atoms with Crippen molar-refractivity contribution in [1.82, 2.24) is 10.9 Å². The van der Waals surface area contributed by atoms with E-state index in [0.717, 1.165) is 12.8 Å². The number of hydrazine groups is 1. The van der Waals surface area contributed by atoms with Crippen LogP contribution in [0.4, 0.5) is 0 Å². The summed E-state index contributed by atoms with van der Waals surface area (Å²) < 4.78 is 31.2. The first-order valence-corrected chi connectivity index (χ1v) is 17.4. The quantitative estimate of drug-likeness (QED) is 0.0462. The molecule has 0 radical (unpaired) electrons. The summed E-state index contributed by atoms with van der Waals surface area (Å²) in [5.74, 6) is -5.06. The fourth-order valence-electron chi connectivity index (χ4n) is 6.35. The number of esters is 5. The molecule has 50 heavy (non-hydrogen) atoms. The van der Waals surface area contributed by atoms with Crippen LogP contribution >= 0.6 is 0 Å². The van der Waals surface area contributed by atoms with Crippen LogP contribution in [0.15, 0.2) is 0 Å². The minimum Gasteiger partial charge on any atom is -0.543 e. The van der Waals surface area contributed by atoms with Crippen LogP contribution in [-0.2, 0) is 57.1 Å². The molecule has 0 heterocycles. The Bertz CT molecular complexity index is 1130. The molecule has 0 rings (SSSR count). The van der Waals surface area contributed by atoms with Gasteiger partial charge in [-0.05, 0) is 80.1 Å². The number of rotatable bonds is 25. The largest absolute Gasteiger partial charge is 0.543 e. The van der Waals surface area contributed by atoms with Gasteiger partial charge in [0.25, 0.3) is 5.97 Å². The van der Waals surface area contributed by atoms with Crippen LogP contribution < -0.4 is 10.9 Å². The maximum absolute atomic E-state index is 13.6. The van der Waals surface area contributed by atoms with E-state index in [1.54, 1.807) is 41.5 Å². The maximum atomic E-state index is 13.6. The molecule has 0 saturated carbocycles. The summed E-state index contributed by atoms with van der Waals surface area (Å²) in [7, 11) is 4.96. The molecule has 15 heteroatoms. The summed E-state index contributed by atoms with van der Waals surface area (Å²) in [4.78, 5) is 78.0. The van der Waals surface area contributed by atoms with E-state index in [0.29, 0.717) is 12.8 Å². The molecule has 4 atom stereocenters. The Morgan fingerprint density at radius 3 is 1.38 bits per heavy atom. The highest BCUT2D eigenvalue weighted by Gasteiger charge is 2.47. The third kappa shape index (κ3) is 15.0. The van der Waals surface area contributed by atoms with E-state index in [1.165, 1.54) is 29.4 Å². The standard InChI is InChI=1S/C35H63BN2O12/c1-12-14-16-48-29(42)33(5,6)23-35(8,31(44)49-17-15-13-2)19-25(27(40)50-36)21-38-37-20-24(26(39)45-9)18-34(7,30(43)47-11)22-32(3,4)28(41)46-10/h24-25,37-38H,12-23,36H2,1-11H3. The second kappa shape index (κ2) is 21.9. The van der Waals surface area contributed by atoms with Crippen molar-refractivity contribution in [1.29, 1.82) is 0 Å². The van der Waals surface area contributed by atoms with E-state index < -0.39 is 69.3 Å². The van der Waals surface area contributed by atoms with Crippen molar-refractivity contribution in [2.45, 2.75) is 107 Å². The molecule has 0 aromatic rings. The molecule has 0 aliphatic carbocycles. The third-order valence-corrected chi connectivity index (χ3v) is 8.87. The number of hydrogen-bond donors (Lipinski definition) is 2. The second-order valence-corrected chi connectivity index (χ2v) is 14.8. The molecule has 0 aromatic heterocycles. The van der Waals surface area contributed by atoms with Gasteiger partial charge in [0.2, 0.25) is 0 Å². The van der Waals surface area contributed by atoms with Crippen molar-refractivity contribution in [3.05, 3.63) is 0 Å². The molecule has 0 aliphatic heterocycles. The Morgan fingerprint density at radius 2 is 0.980 bits per heavy atom. The van der Waals surface area contributed by atoms with E-state index in [2.05, 4.69) is 10.9 Å². The van der Waals surface area contributed by atoms with Gasteiger partial charge < -0.3 is 28.3 Å². The Morgan fingerprint density at radius 1 is 0.580 bits per heavy atom. The van der Waals surface area contributed by atoms with Gasteiger partial charge in [0.15, 0.2) is 0 Å². The number of ether oxygens (including phenoxy) is 5. The van der Waals surface area contributed by atoms with Crippen LogP contribution in [0.5, 0.6) is 0 Å². The highest BCUT2D eigenvalue weighted by Crippen LogP contribution is 2.42. The van der Waals surface area contributed by atoms with E-state index in [1.807, 2.05) is 13.8 Å². The van der Waals surface area contributed by atoms with Crippen LogP contribution in [-0.4, -0.2) is 91.5 Å². The topological polar surface area (TPSA) is 182 Å². The third-order valence-electron chi connectivity index (χ3n) is 8.87. The van der Waals surface area contributed by atoms with Crippen LogP contribution in [0.3, 0.4) is 0 Å². The second-order valence-electron chi connectivity index (χ2n) is 14.8. The fraction of sp³-hybridized carbons (Fsp3) is 0.829. The van der Waals surface area contributed by atoms with Crippen LogP contribution in [0.2, 0.25) is 0 Å². The van der Waals surface area contributed by atoms with Crippen LogP contribution in [0.25, 0.3) is 0 Å². The summed E-state index contributed by atoms with van der Waals surface area (Å²) >= 11 is 0. The van der Waals surface area contributed by atoms with Crippen molar-refractivity contribution in [2.24, 2.45) is 33.5 Å². The van der Waals surface area contributed by atoms with Crippen LogP contribution in [0.1, 0.15) is 107 Å². The van der Waals surface area contributed by atoms with Crippen molar-refractivity contribution in [3.8, 4) is 0 Å². The smallest absolute Gasteiger partial charge is 0.325 e.